The molecule has 2 fully saturated rings. The summed E-state index contributed by atoms with van der Waals surface area (Å²) >= 11 is 0. The molecule has 2 aliphatic rings. The maximum absolute atomic E-state index is 13.0. The van der Waals surface area contributed by atoms with Gasteiger partial charge in [0.1, 0.15) is 0 Å². The van der Waals surface area contributed by atoms with Crippen molar-refractivity contribution in [2.45, 2.75) is 38.5 Å². The van der Waals surface area contributed by atoms with E-state index in [1.54, 1.807) is 6.20 Å². The molecule has 0 unspecified atom stereocenters. The molecule has 0 N–H and O–H groups in total. The Hall–Kier alpha value is -2.31. The van der Waals surface area contributed by atoms with E-state index in [0.29, 0.717) is 12.1 Å². The maximum atomic E-state index is 13.0. The minimum Gasteiger partial charge on any atom is -0.375 e. The molecule has 2 aromatic rings. The van der Waals surface area contributed by atoms with Crippen LogP contribution < -0.4 is 0 Å². The SMILES string of the molecule is CCc1ccc(C(=O)N2CC[C@@H]3OCCN(Cc4ccncc4)[C@H]3C2)cn1. The van der Waals surface area contributed by atoms with Crippen LogP contribution in [0, 0.1) is 0 Å². The van der Waals surface area contributed by atoms with E-state index in [0.717, 1.165) is 44.8 Å². The first-order valence-electron chi connectivity index (χ1n) is 9.73. The molecular formula is C21H26N4O2. The van der Waals surface area contributed by atoms with Crippen LogP contribution in [0.15, 0.2) is 42.9 Å². The van der Waals surface area contributed by atoms with Crippen molar-refractivity contribution < 1.29 is 9.53 Å². The molecule has 4 rings (SSSR count). The van der Waals surface area contributed by atoms with Gasteiger partial charge in [0.15, 0.2) is 0 Å². The Labute approximate surface area is 160 Å². The lowest BCUT2D eigenvalue weighted by molar-refractivity contribution is -0.101. The van der Waals surface area contributed by atoms with Gasteiger partial charge < -0.3 is 9.64 Å². The van der Waals surface area contributed by atoms with Gasteiger partial charge in [-0.3, -0.25) is 19.7 Å². The minimum absolute atomic E-state index is 0.0676. The summed E-state index contributed by atoms with van der Waals surface area (Å²) in [5.74, 6) is 0.0676. The van der Waals surface area contributed by atoms with Crippen molar-refractivity contribution in [3.05, 3.63) is 59.7 Å². The molecule has 142 valence electrons. The number of ether oxygens (including phenoxy) is 1. The number of carbonyl (C=O) groups is 1. The fourth-order valence-electron chi connectivity index (χ4n) is 3.99. The predicted octanol–water partition coefficient (Wildman–Crippen LogP) is 2.15. The average Bonchev–Trinajstić information content (AvgIpc) is 2.74. The summed E-state index contributed by atoms with van der Waals surface area (Å²) < 4.78 is 6.01. The van der Waals surface area contributed by atoms with E-state index in [4.69, 9.17) is 4.74 Å². The zero-order valence-corrected chi connectivity index (χ0v) is 15.8. The molecule has 0 aliphatic carbocycles. The van der Waals surface area contributed by atoms with Crippen LogP contribution in [0.3, 0.4) is 0 Å². The number of likely N-dealkylation sites (tertiary alicyclic amines) is 1. The normalized spacial score (nSPS) is 23.1. The smallest absolute Gasteiger partial charge is 0.255 e. The number of fused-ring (bicyclic) bond motifs is 1. The molecule has 2 aromatic heterocycles. The number of aromatic nitrogens is 2. The van der Waals surface area contributed by atoms with Gasteiger partial charge in [-0.15, -0.1) is 0 Å². The third-order valence-electron chi connectivity index (χ3n) is 5.56. The molecule has 2 saturated heterocycles. The summed E-state index contributed by atoms with van der Waals surface area (Å²) in [5.41, 5.74) is 2.92. The van der Waals surface area contributed by atoms with Crippen molar-refractivity contribution in [2.24, 2.45) is 0 Å². The van der Waals surface area contributed by atoms with E-state index in [-0.39, 0.29) is 18.1 Å². The number of piperidine rings is 1. The number of rotatable bonds is 4. The summed E-state index contributed by atoms with van der Waals surface area (Å²) in [6.45, 7) is 6.00. The molecule has 6 nitrogen and oxygen atoms in total. The van der Waals surface area contributed by atoms with Crippen LogP contribution in [0.25, 0.3) is 0 Å². The number of amides is 1. The van der Waals surface area contributed by atoms with Crippen LogP contribution in [0.1, 0.15) is 35.0 Å². The summed E-state index contributed by atoms with van der Waals surface area (Å²) in [5, 5.41) is 0. The summed E-state index contributed by atoms with van der Waals surface area (Å²) in [7, 11) is 0. The quantitative estimate of drug-likeness (QED) is 0.830. The largest absolute Gasteiger partial charge is 0.375 e. The van der Waals surface area contributed by atoms with E-state index in [2.05, 4.69) is 33.9 Å². The number of pyridine rings is 2. The third-order valence-corrected chi connectivity index (χ3v) is 5.56. The van der Waals surface area contributed by atoms with Gasteiger partial charge in [0, 0.05) is 50.5 Å². The molecular weight excluding hydrogens is 340 g/mol. The lowest BCUT2D eigenvalue weighted by atomic mass is 9.97. The number of nitrogens with zero attached hydrogens (tertiary/aromatic N) is 4. The van der Waals surface area contributed by atoms with E-state index < -0.39 is 0 Å². The highest BCUT2D eigenvalue weighted by Crippen LogP contribution is 2.25. The summed E-state index contributed by atoms with van der Waals surface area (Å²) in [6.07, 6.45) is 7.32. The van der Waals surface area contributed by atoms with Crippen LogP contribution in [-0.2, 0) is 17.7 Å². The van der Waals surface area contributed by atoms with Gasteiger partial charge in [0.25, 0.3) is 5.91 Å². The third kappa shape index (κ3) is 4.01. The molecule has 0 aromatic carbocycles. The van der Waals surface area contributed by atoms with E-state index in [9.17, 15) is 4.79 Å². The Morgan fingerprint density at radius 1 is 1.22 bits per heavy atom. The second kappa shape index (κ2) is 8.15. The van der Waals surface area contributed by atoms with E-state index in [1.165, 1.54) is 5.56 Å². The fraction of sp³-hybridized carbons (Fsp3) is 0.476. The Bertz CT molecular complexity index is 766. The molecule has 2 atom stereocenters. The number of aryl methyl sites for hydroxylation is 1. The molecule has 4 heterocycles. The number of hydrogen-bond acceptors (Lipinski definition) is 5. The highest BCUT2D eigenvalue weighted by atomic mass is 16.5. The van der Waals surface area contributed by atoms with Crippen LogP contribution in [0.4, 0.5) is 0 Å². The molecule has 27 heavy (non-hydrogen) atoms. The van der Waals surface area contributed by atoms with Gasteiger partial charge in [-0.05, 0) is 42.7 Å². The molecule has 2 aliphatic heterocycles. The zero-order chi connectivity index (χ0) is 18.6. The van der Waals surface area contributed by atoms with E-state index >= 15 is 0 Å². The van der Waals surface area contributed by atoms with E-state index in [1.807, 2.05) is 29.4 Å². The first kappa shape index (κ1) is 18.1. The first-order valence-corrected chi connectivity index (χ1v) is 9.73. The van der Waals surface area contributed by atoms with Crippen molar-refractivity contribution in [1.29, 1.82) is 0 Å². The topological polar surface area (TPSA) is 58.6 Å². The minimum atomic E-state index is 0.0676. The first-order chi connectivity index (χ1) is 13.2. The van der Waals surface area contributed by atoms with Gasteiger partial charge in [0.05, 0.1) is 24.3 Å². The second-order valence-corrected chi connectivity index (χ2v) is 7.23. The number of morpholine rings is 1. The molecule has 0 bridgehead atoms. The summed E-state index contributed by atoms with van der Waals surface area (Å²) in [4.78, 5) is 25.8. The van der Waals surface area contributed by atoms with Crippen LogP contribution in [0.5, 0.6) is 0 Å². The van der Waals surface area contributed by atoms with Gasteiger partial charge in [-0.1, -0.05) is 6.92 Å². The lowest BCUT2D eigenvalue weighted by Crippen LogP contribution is -2.60. The predicted molar refractivity (Wildman–Crippen MR) is 102 cm³/mol. The highest BCUT2D eigenvalue weighted by Gasteiger charge is 2.38. The number of carbonyl (C=O) groups excluding carboxylic acids is 1. The fourth-order valence-corrected chi connectivity index (χ4v) is 3.99. The molecule has 0 spiro atoms. The monoisotopic (exact) mass is 366 g/mol. The zero-order valence-electron chi connectivity index (χ0n) is 15.8. The highest BCUT2D eigenvalue weighted by molar-refractivity contribution is 5.94. The molecule has 0 saturated carbocycles. The van der Waals surface area contributed by atoms with Crippen molar-refractivity contribution in [3.63, 3.8) is 0 Å². The standard InChI is InChI=1S/C21H26N4O2/c1-2-18-4-3-17(13-23-18)21(26)25-10-7-20-19(15-25)24(11-12-27-20)14-16-5-8-22-9-6-16/h3-6,8-9,13,19-20H,2,7,10-12,14-15H2,1H3/t19-,20-/m0/s1. The van der Waals surface area contributed by atoms with Crippen LogP contribution in [0.2, 0.25) is 0 Å². The molecule has 0 radical (unpaired) electrons. The second-order valence-electron chi connectivity index (χ2n) is 7.23. The molecule has 1 amide bonds. The summed E-state index contributed by atoms with van der Waals surface area (Å²) in [6, 6.07) is 8.17. The van der Waals surface area contributed by atoms with Gasteiger partial charge in [0.2, 0.25) is 0 Å². The Morgan fingerprint density at radius 2 is 2.07 bits per heavy atom. The van der Waals surface area contributed by atoms with Crippen molar-refractivity contribution in [2.75, 3.05) is 26.2 Å². The lowest BCUT2D eigenvalue weighted by Gasteiger charge is -2.47. The Balaban J connectivity index is 1.46. The van der Waals surface area contributed by atoms with Crippen molar-refractivity contribution in [1.82, 2.24) is 19.8 Å². The van der Waals surface area contributed by atoms with Gasteiger partial charge >= 0.3 is 0 Å². The van der Waals surface area contributed by atoms with Crippen molar-refractivity contribution >= 4 is 5.91 Å². The Kier molecular flexibility index (Phi) is 5.45. The van der Waals surface area contributed by atoms with Gasteiger partial charge in [-0.2, -0.15) is 0 Å². The van der Waals surface area contributed by atoms with Crippen LogP contribution in [-0.4, -0.2) is 64.1 Å². The average molecular weight is 366 g/mol. The molecule has 6 heteroatoms. The van der Waals surface area contributed by atoms with Crippen molar-refractivity contribution in [3.8, 4) is 0 Å². The maximum Gasteiger partial charge on any atom is 0.255 e. The number of hydrogen-bond donors (Lipinski definition) is 0. The van der Waals surface area contributed by atoms with Crippen LogP contribution >= 0.6 is 0 Å². The Morgan fingerprint density at radius 3 is 2.81 bits per heavy atom. The van der Waals surface area contributed by atoms with Gasteiger partial charge in [-0.25, -0.2) is 0 Å².